The van der Waals surface area contributed by atoms with Crippen LogP contribution >= 0.6 is 0 Å². The summed E-state index contributed by atoms with van der Waals surface area (Å²) in [4.78, 5) is 0. The van der Waals surface area contributed by atoms with Crippen LogP contribution in [-0.2, 0) is 0 Å². The minimum atomic E-state index is -4.02. The number of hydrogen-bond acceptors (Lipinski definition) is 2. The highest BCUT2D eigenvalue weighted by Gasteiger charge is 2.42. The fourth-order valence-corrected chi connectivity index (χ4v) is 2.82. The minimum absolute atomic E-state index is 0.147. The molecule has 2 unspecified atom stereocenters. The first-order valence-corrected chi connectivity index (χ1v) is 6.43. The van der Waals surface area contributed by atoms with Crippen molar-refractivity contribution < 1.29 is 13.2 Å². The van der Waals surface area contributed by atoms with Gasteiger partial charge in [0.1, 0.15) is 0 Å². The van der Waals surface area contributed by atoms with Crippen molar-refractivity contribution in [1.29, 1.82) is 0 Å². The van der Waals surface area contributed by atoms with E-state index in [0.717, 1.165) is 6.42 Å². The summed E-state index contributed by atoms with van der Waals surface area (Å²) >= 11 is 0. The number of hydrogen-bond donors (Lipinski definition) is 2. The maximum Gasteiger partial charge on any atom is 0.391 e. The highest BCUT2D eigenvalue weighted by Crippen LogP contribution is 2.41. The fourth-order valence-electron chi connectivity index (χ4n) is 2.82. The molecule has 0 bridgehead atoms. The van der Waals surface area contributed by atoms with Gasteiger partial charge in [0.25, 0.3) is 0 Å². The molecule has 0 aromatic heterocycles. The van der Waals surface area contributed by atoms with Crippen LogP contribution in [0.5, 0.6) is 0 Å². The molecule has 0 aromatic rings. The topological polar surface area (TPSA) is 38.0 Å². The minimum Gasteiger partial charge on any atom is -0.271 e. The van der Waals surface area contributed by atoms with Gasteiger partial charge in [0.15, 0.2) is 0 Å². The number of nitrogens with one attached hydrogen (secondary N) is 1. The Bertz CT molecular complexity index is 222. The Labute approximate surface area is 101 Å². The number of hydrazine groups is 1. The van der Waals surface area contributed by atoms with Crippen LogP contribution < -0.4 is 11.3 Å². The Balaban J connectivity index is 2.50. The Kier molecular flexibility index (Phi) is 5.25. The lowest BCUT2D eigenvalue weighted by Gasteiger charge is -2.36. The molecule has 0 amide bonds. The molecule has 0 aliphatic heterocycles. The molecule has 0 saturated heterocycles. The van der Waals surface area contributed by atoms with Crippen LogP contribution in [0.25, 0.3) is 0 Å². The molecule has 1 rings (SSSR count). The second-order valence-electron chi connectivity index (χ2n) is 5.23. The summed E-state index contributed by atoms with van der Waals surface area (Å²) in [5, 5.41) is 0. The highest BCUT2D eigenvalue weighted by atomic mass is 19.4. The van der Waals surface area contributed by atoms with Crippen molar-refractivity contribution in [2.24, 2.45) is 23.6 Å². The van der Waals surface area contributed by atoms with Crippen LogP contribution in [-0.4, -0.2) is 12.2 Å². The van der Waals surface area contributed by atoms with Gasteiger partial charge < -0.3 is 0 Å². The molecule has 2 atom stereocenters. The third-order valence-electron chi connectivity index (χ3n) is 4.19. The molecule has 2 nitrogen and oxygen atoms in total. The van der Waals surface area contributed by atoms with Crippen LogP contribution in [0.4, 0.5) is 13.2 Å². The summed E-state index contributed by atoms with van der Waals surface area (Å²) in [6.45, 7) is 4.18. The summed E-state index contributed by atoms with van der Waals surface area (Å²) in [6.07, 6.45) is -1.26. The molecule has 1 saturated carbocycles. The van der Waals surface area contributed by atoms with E-state index in [1.165, 1.54) is 0 Å². The molecule has 17 heavy (non-hydrogen) atoms. The van der Waals surface area contributed by atoms with Crippen molar-refractivity contribution in [3.63, 3.8) is 0 Å². The SMILES string of the molecule is CCC(C)C(NN)C1CCC(C(F)(F)F)CC1. The van der Waals surface area contributed by atoms with Gasteiger partial charge in [0.2, 0.25) is 0 Å². The van der Waals surface area contributed by atoms with Gasteiger partial charge in [-0.1, -0.05) is 20.3 Å². The van der Waals surface area contributed by atoms with Gasteiger partial charge in [-0.25, -0.2) is 0 Å². The van der Waals surface area contributed by atoms with Gasteiger partial charge >= 0.3 is 6.18 Å². The zero-order valence-corrected chi connectivity index (χ0v) is 10.6. The first-order chi connectivity index (χ1) is 7.90. The van der Waals surface area contributed by atoms with Gasteiger partial charge in [0.05, 0.1) is 5.92 Å². The maximum atomic E-state index is 12.5. The second-order valence-corrected chi connectivity index (χ2v) is 5.23. The average molecular weight is 252 g/mol. The summed E-state index contributed by atoms with van der Waals surface area (Å²) < 4.78 is 37.6. The van der Waals surface area contributed by atoms with Crippen molar-refractivity contribution in [3.8, 4) is 0 Å². The number of halogens is 3. The third kappa shape index (κ3) is 3.85. The number of alkyl halides is 3. The van der Waals surface area contributed by atoms with E-state index >= 15 is 0 Å². The van der Waals surface area contributed by atoms with Gasteiger partial charge in [-0.15, -0.1) is 0 Å². The quantitative estimate of drug-likeness (QED) is 0.595. The molecule has 102 valence electrons. The largest absolute Gasteiger partial charge is 0.391 e. The van der Waals surface area contributed by atoms with E-state index in [1.54, 1.807) is 0 Å². The first kappa shape index (κ1) is 14.8. The molecular formula is C12H23F3N2. The summed E-state index contributed by atoms with van der Waals surface area (Å²) in [6, 6.07) is 0.147. The predicted molar refractivity (Wildman–Crippen MR) is 62.1 cm³/mol. The predicted octanol–water partition coefficient (Wildman–Crippen LogP) is 3.23. The summed E-state index contributed by atoms with van der Waals surface area (Å²) in [5.41, 5.74) is 2.79. The molecule has 1 aliphatic rings. The smallest absolute Gasteiger partial charge is 0.271 e. The molecule has 0 aromatic carbocycles. The molecular weight excluding hydrogens is 229 g/mol. The van der Waals surface area contributed by atoms with E-state index < -0.39 is 12.1 Å². The molecule has 1 fully saturated rings. The Morgan fingerprint density at radius 3 is 2.12 bits per heavy atom. The van der Waals surface area contributed by atoms with Crippen LogP contribution in [0.2, 0.25) is 0 Å². The molecule has 0 radical (unpaired) electrons. The van der Waals surface area contributed by atoms with Gasteiger partial charge in [-0.3, -0.25) is 11.3 Å². The standard InChI is InChI=1S/C12H23F3N2/c1-3-8(2)11(17-16)9-4-6-10(7-5-9)12(13,14)15/h8-11,17H,3-7,16H2,1-2H3. The Hall–Kier alpha value is -0.290. The van der Waals surface area contributed by atoms with Crippen molar-refractivity contribution in [2.45, 2.75) is 58.2 Å². The van der Waals surface area contributed by atoms with E-state index in [2.05, 4.69) is 19.3 Å². The van der Waals surface area contributed by atoms with Crippen LogP contribution in [0.1, 0.15) is 46.0 Å². The summed E-state index contributed by atoms with van der Waals surface area (Å²) in [5.74, 6) is 5.12. The normalized spacial score (nSPS) is 30.0. The molecule has 1 aliphatic carbocycles. The molecule has 3 N–H and O–H groups in total. The third-order valence-corrected chi connectivity index (χ3v) is 4.19. The van der Waals surface area contributed by atoms with Crippen molar-refractivity contribution in [2.75, 3.05) is 0 Å². The lowest BCUT2D eigenvalue weighted by molar-refractivity contribution is -0.184. The van der Waals surface area contributed by atoms with Crippen molar-refractivity contribution >= 4 is 0 Å². The second kappa shape index (κ2) is 6.05. The molecule has 5 heteroatoms. The number of nitrogens with two attached hydrogens (primary N) is 1. The highest BCUT2D eigenvalue weighted by molar-refractivity contribution is 4.85. The van der Waals surface area contributed by atoms with E-state index in [-0.39, 0.29) is 24.8 Å². The van der Waals surface area contributed by atoms with Gasteiger partial charge in [0, 0.05) is 6.04 Å². The number of rotatable bonds is 4. The molecule has 0 spiro atoms. The fraction of sp³-hybridized carbons (Fsp3) is 1.00. The van der Waals surface area contributed by atoms with Crippen LogP contribution in [0.15, 0.2) is 0 Å². The van der Waals surface area contributed by atoms with E-state index in [0.29, 0.717) is 18.8 Å². The van der Waals surface area contributed by atoms with Crippen molar-refractivity contribution in [3.05, 3.63) is 0 Å². The van der Waals surface area contributed by atoms with E-state index in [4.69, 9.17) is 5.84 Å². The zero-order valence-electron chi connectivity index (χ0n) is 10.6. The summed E-state index contributed by atoms with van der Waals surface area (Å²) in [7, 11) is 0. The van der Waals surface area contributed by atoms with Crippen LogP contribution in [0.3, 0.4) is 0 Å². The average Bonchev–Trinajstić information content (AvgIpc) is 2.29. The maximum absolute atomic E-state index is 12.5. The van der Waals surface area contributed by atoms with Crippen LogP contribution in [0, 0.1) is 17.8 Å². The van der Waals surface area contributed by atoms with Gasteiger partial charge in [-0.2, -0.15) is 13.2 Å². The lowest BCUT2D eigenvalue weighted by atomic mass is 9.75. The van der Waals surface area contributed by atoms with Crippen molar-refractivity contribution in [1.82, 2.24) is 5.43 Å². The zero-order chi connectivity index (χ0) is 13.1. The Morgan fingerprint density at radius 2 is 1.76 bits per heavy atom. The first-order valence-electron chi connectivity index (χ1n) is 6.43. The lowest BCUT2D eigenvalue weighted by Crippen LogP contribution is -2.46. The van der Waals surface area contributed by atoms with E-state index in [9.17, 15) is 13.2 Å². The molecule has 0 heterocycles. The van der Waals surface area contributed by atoms with E-state index in [1.807, 2.05) is 0 Å². The Morgan fingerprint density at radius 1 is 1.24 bits per heavy atom. The van der Waals surface area contributed by atoms with Gasteiger partial charge in [-0.05, 0) is 37.5 Å². The monoisotopic (exact) mass is 252 g/mol.